The summed E-state index contributed by atoms with van der Waals surface area (Å²) in [7, 11) is 0. The first kappa shape index (κ1) is 16.5. The highest BCUT2D eigenvalue weighted by Gasteiger charge is 2.18. The number of aromatic nitrogens is 1. The van der Waals surface area contributed by atoms with E-state index >= 15 is 0 Å². The van der Waals surface area contributed by atoms with E-state index in [2.05, 4.69) is 46.4 Å². The minimum Gasteiger partial charge on any atom is -0.468 e. The molecule has 1 fully saturated rings. The van der Waals surface area contributed by atoms with Crippen LogP contribution >= 0.6 is 11.3 Å². The molecule has 4 rings (SSSR count). The van der Waals surface area contributed by atoms with Crippen LogP contribution < -0.4 is 0 Å². The monoisotopic (exact) mass is 353 g/mol. The molecule has 4 nitrogen and oxygen atoms in total. The van der Waals surface area contributed by atoms with E-state index in [-0.39, 0.29) is 0 Å². The molecule has 0 aliphatic carbocycles. The molecule has 130 valence electrons. The van der Waals surface area contributed by atoms with Crippen molar-refractivity contribution in [2.75, 3.05) is 26.2 Å². The fraction of sp³-hybridized carbons (Fsp3) is 0.350. The van der Waals surface area contributed by atoms with Crippen LogP contribution in [0.2, 0.25) is 0 Å². The van der Waals surface area contributed by atoms with Crippen molar-refractivity contribution in [1.29, 1.82) is 0 Å². The summed E-state index contributed by atoms with van der Waals surface area (Å²) in [5, 5.41) is 3.32. The van der Waals surface area contributed by atoms with Crippen LogP contribution in [-0.4, -0.2) is 41.0 Å². The van der Waals surface area contributed by atoms with Crippen molar-refractivity contribution in [1.82, 2.24) is 14.8 Å². The molecule has 0 spiro atoms. The van der Waals surface area contributed by atoms with Gasteiger partial charge in [0.2, 0.25) is 0 Å². The standard InChI is InChI=1S/C20H23N3OS/c1-16-4-6-17(7-5-16)20-21-18(15-25-20)13-22-8-10-23(11-9-22)14-19-3-2-12-24-19/h2-7,12,15H,8-11,13-14H2,1H3. The Bertz CT molecular complexity index is 787. The van der Waals surface area contributed by atoms with Gasteiger partial charge in [-0.25, -0.2) is 4.98 Å². The molecule has 1 aromatic carbocycles. The summed E-state index contributed by atoms with van der Waals surface area (Å²) < 4.78 is 5.45. The summed E-state index contributed by atoms with van der Waals surface area (Å²) in [6.45, 7) is 8.29. The minimum absolute atomic E-state index is 0.912. The Morgan fingerprint density at radius 3 is 2.40 bits per heavy atom. The van der Waals surface area contributed by atoms with Crippen LogP contribution in [-0.2, 0) is 13.1 Å². The Labute approximate surface area is 152 Å². The molecular weight excluding hydrogens is 330 g/mol. The van der Waals surface area contributed by atoms with Crippen molar-refractivity contribution in [2.45, 2.75) is 20.0 Å². The number of hydrogen-bond donors (Lipinski definition) is 0. The van der Waals surface area contributed by atoms with E-state index < -0.39 is 0 Å². The van der Waals surface area contributed by atoms with Gasteiger partial charge in [-0.3, -0.25) is 9.80 Å². The SMILES string of the molecule is Cc1ccc(-c2nc(CN3CCN(Cc4ccco4)CC3)cs2)cc1. The maximum atomic E-state index is 5.45. The van der Waals surface area contributed by atoms with Crippen LogP contribution in [0.1, 0.15) is 17.0 Å². The smallest absolute Gasteiger partial charge is 0.123 e. The lowest BCUT2D eigenvalue weighted by molar-refractivity contribution is 0.115. The molecule has 0 unspecified atom stereocenters. The second-order valence-electron chi connectivity index (χ2n) is 6.64. The van der Waals surface area contributed by atoms with Crippen LogP contribution in [0.4, 0.5) is 0 Å². The Morgan fingerprint density at radius 2 is 1.72 bits per heavy atom. The summed E-state index contributed by atoms with van der Waals surface area (Å²) in [5.41, 5.74) is 3.68. The number of furan rings is 1. The maximum absolute atomic E-state index is 5.45. The third-order valence-corrected chi connectivity index (χ3v) is 5.60. The summed E-state index contributed by atoms with van der Waals surface area (Å²) >= 11 is 1.74. The van der Waals surface area contributed by atoms with Gasteiger partial charge in [0.05, 0.1) is 18.5 Å². The van der Waals surface area contributed by atoms with Crippen LogP contribution in [0.5, 0.6) is 0 Å². The summed E-state index contributed by atoms with van der Waals surface area (Å²) in [6.07, 6.45) is 1.75. The molecule has 0 amide bonds. The number of piperazine rings is 1. The first-order valence-corrected chi connectivity index (χ1v) is 9.63. The second-order valence-corrected chi connectivity index (χ2v) is 7.50. The van der Waals surface area contributed by atoms with Crippen LogP contribution in [0, 0.1) is 6.92 Å². The van der Waals surface area contributed by atoms with Gasteiger partial charge in [0, 0.05) is 43.7 Å². The molecule has 0 atom stereocenters. The van der Waals surface area contributed by atoms with E-state index in [1.807, 2.05) is 12.1 Å². The zero-order valence-electron chi connectivity index (χ0n) is 14.5. The molecule has 1 aliphatic rings. The van der Waals surface area contributed by atoms with E-state index in [0.29, 0.717) is 0 Å². The molecule has 3 aromatic rings. The Kier molecular flexibility index (Phi) is 4.97. The molecule has 0 N–H and O–H groups in total. The van der Waals surface area contributed by atoms with Crippen molar-refractivity contribution in [3.05, 3.63) is 65.1 Å². The van der Waals surface area contributed by atoms with Gasteiger partial charge < -0.3 is 4.42 Å². The van der Waals surface area contributed by atoms with Crippen LogP contribution in [0.15, 0.2) is 52.5 Å². The Balaban J connectivity index is 1.31. The minimum atomic E-state index is 0.912. The molecule has 2 aromatic heterocycles. The van der Waals surface area contributed by atoms with Crippen LogP contribution in [0.25, 0.3) is 10.6 Å². The van der Waals surface area contributed by atoms with Gasteiger partial charge in [0.1, 0.15) is 10.8 Å². The molecule has 25 heavy (non-hydrogen) atoms. The van der Waals surface area contributed by atoms with Gasteiger partial charge in [0.25, 0.3) is 0 Å². The van der Waals surface area contributed by atoms with Gasteiger partial charge in [-0.1, -0.05) is 29.8 Å². The highest BCUT2D eigenvalue weighted by Crippen LogP contribution is 2.24. The molecule has 0 bridgehead atoms. The lowest BCUT2D eigenvalue weighted by Gasteiger charge is -2.33. The number of rotatable bonds is 5. The predicted molar refractivity (Wildman–Crippen MR) is 102 cm³/mol. The van der Waals surface area contributed by atoms with Gasteiger partial charge >= 0.3 is 0 Å². The topological polar surface area (TPSA) is 32.5 Å². The quantitative estimate of drug-likeness (QED) is 0.693. The first-order chi connectivity index (χ1) is 12.3. The van der Waals surface area contributed by atoms with E-state index in [4.69, 9.17) is 9.40 Å². The molecule has 1 saturated heterocycles. The average Bonchev–Trinajstić information content (AvgIpc) is 3.29. The summed E-state index contributed by atoms with van der Waals surface area (Å²) in [5.74, 6) is 1.05. The zero-order valence-corrected chi connectivity index (χ0v) is 15.3. The summed E-state index contributed by atoms with van der Waals surface area (Å²) in [4.78, 5) is 9.78. The van der Waals surface area contributed by atoms with E-state index in [1.54, 1.807) is 17.6 Å². The van der Waals surface area contributed by atoms with E-state index in [1.165, 1.54) is 16.8 Å². The van der Waals surface area contributed by atoms with Gasteiger partial charge in [-0.15, -0.1) is 11.3 Å². The third-order valence-electron chi connectivity index (χ3n) is 4.66. The number of nitrogens with zero attached hydrogens (tertiary/aromatic N) is 3. The van der Waals surface area contributed by atoms with E-state index in [9.17, 15) is 0 Å². The fourth-order valence-electron chi connectivity index (χ4n) is 3.17. The fourth-order valence-corrected chi connectivity index (χ4v) is 3.98. The highest BCUT2D eigenvalue weighted by atomic mass is 32.1. The molecule has 0 saturated carbocycles. The largest absolute Gasteiger partial charge is 0.468 e. The summed E-state index contributed by atoms with van der Waals surface area (Å²) in [6, 6.07) is 12.6. The first-order valence-electron chi connectivity index (χ1n) is 8.75. The number of hydrogen-bond acceptors (Lipinski definition) is 5. The van der Waals surface area contributed by atoms with Gasteiger partial charge in [-0.2, -0.15) is 0 Å². The Hall–Kier alpha value is -1.95. The van der Waals surface area contributed by atoms with Crippen molar-refractivity contribution < 1.29 is 4.42 Å². The number of aryl methyl sites for hydroxylation is 1. The third kappa shape index (κ3) is 4.18. The van der Waals surface area contributed by atoms with Crippen LogP contribution in [0.3, 0.4) is 0 Å². The van der Waals surface area contributed by atoms with Crippen molar-refractivity contribution >= 4 is 11.3 Å². The Morgan fingerprint density at radius 1 is 1.00 bits per heavy atom. The average molecular weight is 353 g/mol. The van der Waals surface area contributed by atoms with Gasteiger partial charge in [0.15, 0.2) is 0 Å². The lowest BCUT2D eigenvalue weighted by Crippen LogP contribution is -2.45. The van der Waals surface area contributed by atoms with E-state index in [0.717, 1.165) is 50.0 Å². The predicted octanol–water partition coefficient (Wildman–Crippen LogP) is 4.03. The molecule has 5 heteroatoms. The zero-order chi connectivity index (χ0) is 17.1. The normalized spacial score (nSPS) is 16.4. The maximum Gasteiger partial charge on any atom is 0.123 e. The van der Waals surface area contributed by atoms with Crippen molar-refractivity contribution in [3.63, 3.8) is 0 Å². The highest BCUT2D eigenvalue weighted by molar-refractivity contribution is 7.13. The number of thiazole rings is 1. The molecular formula is C20H23N3OS. The molecule has 0 radical (unpaired) electrons. The second kappa shape index (κ2) is 7.52. The molecule has 3 heterocycles. The molecule has 1 aliphatic heterocycles. The van der Waals surface area contributed by atoms with Crippen molar-refractivity contribution in [2.24, 2.45) is 0 Å². The number of benzene rings is 1. The van der Waals surface area contributed by atoms with Gasteiger partial charge in [-0.05, 0) is 19.1 Å². The van der Waals surface area contributed by atoms with Crippen molar-refractivity contribution in [3.8, 4) is 10.6 Å². The lowest BCUT2D eigenvalue weighted by atomic mass is 10.2.